The van der Waals surface area contributed by atoms with Gasteiger partial charge in [0, 0.05) is 0 Å². The zero-order chi connectivity index (χ0) is 8.23. The molecule has 3 aliphatic rings. The average Bonchev–Trinajstić information content (AvgIpc) is 2.67. The fourth-order valence-corrected chi connectivity index (χ4v) is 2.26. The van der Waals surface area contributed by atoms with Crippen LogP contribution in [0.15, 0.2) is 48.1 Å². The SMILES string of the molecule is C[C@]12C=CC=C3C=CC=C[C@]31N2. The third-order valence-electron chi connectivity index (χ3n) is 3.11. The van der Waals surface area contributed by atoms with E-state index in [1.165, 1.54) is 5.57 Å². The second-order valence-electron chi connectivity index (χ2n) is 3.83. The Labute approximate surface area is 72.2 Å². The maximum Gasteiger partial charge on any atom is 0.0849 e. The van der Waals surface area contributed by atoms with Crippen LogP contribution in [0.2, 0.25) is 0 Å². The first-order valence-electron chi connectivity index (χ1n) is 4.32. The minimum absolute atomic E-state index is 0.135. The molecule has 1 heterocycles. The van der Waals surface area contributed by atoms with Gasteiger partial charge in [0.1, 0.15) is 0 Å². The molecule has 1 heteroatoms. The van der Waals surface area contributed by atoms with Gasteiger partial charge >= 0.3 is 0 Å². The number of allylic oxidation sites excluding steroid dienone is 4. The molecule has 0 aromatic carbocycles. The lowest BCUT2D eigenvalue weighted by atomic mass is 9.81. The summed E-state index contributed by atoms with van der Waals surface area (Å²) in [5.74, 6) is 0. The Morgan fingerprint density at radius 2 is 2.08 bits per heavy atom. The third kappa shape index (κ3) is 0.516. The van der Waals surface area contributed by atoms with Gasteiger partial charge in [0.25, 0.3) is 0 Å². The Hall–Kier alpha value is -1.08. The summed E-state index contributed by atoms with van der Waals surface area (Å²) in [6, 6.07) is 0. The Balaban J connectivity index is 2.20. The van der Waals surface area contributed by atoms with Crippen molar-refractivity contribution in [2.45, 2.75) is 18.0 Å². The molecule has 0 aromatic rings. The van der Waals surface area contributed by atoms with Gasteiger partial charge in [0.05, 0.1) is 11.1 Å². The molecule has 0 bridgehead atoms. The second kappa shape index (κ2) is 1.64. The fraction of sp³-hybridized carbons (Fsp3) is 0.273. The van der Waals surface area contributed by atoms with Crippen molar-refractivity contribution in [2.75, 3.05) is 0 Å². The standard InChI is InChI=1S/C11H11N/c1-10-7-4-6-9-5-2-3-8-11(9,10)12-10/h2-8,12H,1H3/t10-,11-/m0/s1. The van der Waals surface area contributed by atoms with Crippen LogP contribution in [0.5, 0.6) is 0 Å². The van der Waals surface area contributed by atoms with Crippen LogP contribution < -0.4 is 5.32 Å². The van der Waals surface area contributed by atoms with Crippen LogP contribution >= 0.6 is 0 Å². The first-order chi connectivity index (χ1) is 5.77. The number of hydrogen-bond donors (Lipinski definition) is 1. The van der Waals surface area contributed by atoms with E-state index in [-0.39, 0.29) is 11.1 Å². The first kappa shape index (κ1) is 6.44. The summed E-state index contributed by atoms with van der Waals surface area (Å²) >= 11 is 0. The molecule has 0 radical (unpaired) electrons. The van der Waals surface area contributed by atoms with E-state index in [4.69, 9.17) is 0 Å². The maximum absolute atomic E-state index is 3.53. The van der Waals surface area contributed by atoms with Gasteiger partial charge in [0.15, 0.2) is 0 Å². The molecule has 0 unspecified atom stereocenters. The van der Waals surface area contributed by atoms with Crippen molar-refractivity contribution in [3.63, 3.8) is 0 Å². The van der Waals surface area contributed by atoms with E-state index in [0.717, 1.165) is 0 Å². The van der Waals surface area contributed by atoms with E-state index in [1.807, 2.05) is 0 Å². The summed E-state index contributed by atoms with van der Waals surface area (Å²) in [7, 11) is 0. The number of hydrogen-bond acceptors (Lipinski definition) is 1. The number of rotatable bonds is 0. The minimum Gasteiger partial charge on any atom is -0.291 e. The van der Waals surface area contributed by atoms with Crippen molar-refractivity contribution >= 4 is 0 Å². The highest BCUT2D eigenvalue weighted by Gasteiger charge is 2.63. The van der Waals surface area contributed by atoms with Crippen LogP contribution in [0.3, 0.4) is 0 Å². The van der Waals surface area contributed by atoms with Gasteiger partial charge in [-0.1, -0.05) is 42.5 Å². The van der Waals surface area contributed by atoms with Gasteiger partial charge in [-0.3, -0.25) is 5.32 Å². The molecule has 1 aliphatic heterocycles. The van der Waals surface area contributed by atoms with Gasteiger partial charge < -0.3 is 0 Å². The van der Waals surface area contributed by atoms with Gasteiger partial charge in [0.2, 0.25) is 0 Å². The highest BCUT2D eigenvalue weighted by Crippen LogP contribution is 2.50. The van der Waals surface area contributed by atoms with E-state index in [0.29, 0.717) is 0 Å². The molecule has 0 amide bonds. The van der Waals surface area contributed by atoms with E-state index >= 15 is 0 Å². The summed E-state index contributed by atoms with van der Waals surface area (Å²) in [4.78, 5) is 0. The predicted molar refractivity (Wildman–Crippen MR) is 49.8 cm³/mol. The molecule has 0 aromatic heterocycles. The molecule has 1 saturated heterocycles. The van der Waals surface area contributed by atoms with E-state index in [9.17, 15) is 0 Å². The van der Waals surface area contributed by atoms with Gasteiger partial charge in [-0.15, -0.1) is 0 Å². The van der Waals surface area contributed by atoms with Crippen molar-refractivity contribution in [1.82, 2.24) is 5.32 Å². The zero-order valence-corrected chi connectivity index (χ0v) is 7.04. The fourth-order valence-electron chi connectivity index (χ4n) is 2.26. The summed E-state index contributed by atoms with van der Waals surface area (Å²) in [6.45, 7) is 2.24. The molecule has 1 N–H and O–H groups in total. The highest BCUT2D eigenvalue weighted by molar-refractivity contribution is 5.61. The lowest BCUT2D eigenvalue weighted by Crippen LogP contribution is -2.24. The van der Waals surface area contributed by atoms with Crippen LogP contribution in [0, 0.1) is 0 Å². The lowest BCUT2D eigenvalue weighted by Gasteiger charge is -2.20. The van der Waals surface area contributed by atoms with Gasteiger partial charge in [-0.25, -0.2) is 0 Å². The monoisotopic (exact) mass is 157 g/mol. The molecular weight excluding hydrogens is 146 g/mol. The summed E-state index contributed by atoms with van der Waals surface area (Å²) in [5.41, 5.74) is 1.70. The van der Waals surface area contributed by atoms with Crippen LogP contribution in [0.1, 0.15) is 6.92 Å². The summed E-state index contributed by atoms with van der Waals surface area (Å²) in [5, 5.41) is 3.53. The van der Waals surface area contributed by atoms with Crippen LogP contribution in [0.4, 0.5) is 0 Å². The zero-order valence-electron chi connectivity index (χ0n) is 7.04. The van der Waals surface area contributed by atoms with Crippen molar-refractivity contribution in [3.05, 3.63) is 48.1 Å². The molecule has 0 saturated carbocycles. The molecule has 12 heavy (non-hydrogen) atoms. The molecule has 3 rings (SSSR count). The van der Waals surface area contributed by atoms with Gasteiger partial charge in [-0.2, -0.15) is 0 Å². The van der Waals surface area contributed by atoms with E-state index < -0.39 is 0 Å². The van der Waals surface area contributed by atoms with Crippen molar-refractivity contribution in [3.8, 4) is 0 Å². The number of nitrogens with one attached hydrogen (secondary N) is 1. The van der Waals surface area contributed by atoms with Crippen molar-refractivity contribution in [2.24, 2.45) is 0 Å². The molecule has 60 valence electrons. The maximum atomic E-state index is 3.53. The largest absolute Gasteiger partial charge is 0.291 e. The van der Waals surface area contributed by atoms with Gasteiger partial charge in [-0.05, 0) is 12.5 Å². The molecule has 1 nitrogen and oxygen atoms in total. The lowest BCUT2D eigenvalue weighted by molar-refractivity contribution is 0.784. The quantitative estimate of drug-likeness (QED) is 0.531. The normalized spacial score (nSPS) is 46.6. The highest BCUT2D eigenvalue weighted by atomic mass is 15.3. The van der Waals surface area contributed by atoms with E-state index in [1.54, 1.807) is 0 Å². The molecule has 1 spiro atoms. The Morgan fingerprint density at radius 1 is 1.17 bits per heavy atom. The third-order valence-corrected chi connectivity index (χ3v) is 3.11. The van der Waals surface area contributed by atoms with Crippen molar-refractivity contribution < 1.29 is 0 Å². The van der Waals surface area contributed by atoms with Crippen LogP contribution in [-0.2, 0) is 0 Å². The summed E-state index contributed by atoms with van der Waals surface area (Å²) in [6.07, 6.45) is 15.2. The van der Waals surface area contributed by atoms with Crippen molar-refractivity contribution in [1.29, 1.82) is 0 Å². The Kier molecular flexibility index (Phi) is 0.881. The molecule has 2 aliphatic carbocycles. The first-order valence-corrected chi connectivity index (χ1v) is 4.32. The average molecular weight is 157 g/mol. The Bertz CT molecular complexity index is 359. The summed E-state index contributed by atoms with van der Waals surface area (Å²) < 4.78 is 0. The van der Waals surface area contributed by atoms with Crippen LogP contribution in [0.25, 0.3) is 0 Å². The Morgan fingerprint density at radius 3 is 2.92 bits per heavy atom. The topological polar surface area (TPSA) is 21.9 Å². The second-order valence-corrected chi connectivity index (χ2v) is 3.83. The minimum atomic E-state index is 0.135. The van der Waals surface area contributed by atoms with Crippen LogP contribution in [-0.4, -0.2) is 11.1 Å². The molecule has 2 atom stereocenters. The predicted octanol–water partition coefficient (Wildman–Crippen LogP) is 1.71. The molecule has 1 fully saturated rings. The smallest absolute Gasteiger partial charge is 0.0849 e. The van der Waals surface area contributed by atoms with E-state index in [2.05, 4.69) is 54.8 Å². The molecular formula is C11H11N.